The summed E-state index contributed by atoms with van der Waals surface area (Å²) >= 11 is 0. The summed E-state index contributed by atoms with van der Waals surface area (Å²) < 4.78 is 0. The van der Waals surface area contributed by atoms with Crippen molar-refractivity contribution in [2.24, 2.45) is 0 Å². The fraction of sp³-hybridized carbons (Fsp3) is 0.500. The number of fused-ring (bicyclic) bond motifs is 3. The highest BCUT2D eigenvalue weighted by Gasteiger charge is 2.33. The molecule has 74 valence electrons. The van der Waals surface area contributed by atoms with Gasteiger partial charge in [-0.2, -0.15) is 0 Å². The Hall–Kier alpha value is -1.02. The predicted octanol–water partition coefficient (Wildman–Crippen LogP) is 1.63. The number of nitrogens with zero attached hydrogens (tertiary/aromatic N) is 1. The highest BCUT2D eigenvalue weighted by Crippen LogP contribution is 2.27. The van der Waals surface area contributed by atoms with Crippen LogP contribution in [0.2, 0.25) is 0 Å². The lowest BCUT2D eigenvalue weighted by atomic mass is 9.92. The van der Waals surface area contributed by atoms with Crippen LogP contribution in [0, 0.1) is 0 Å². The Morgan fingerprint density at radius 1 is 1.14 bits per heavy atom. The highest BCUT2D eigenvalue weighted by atomic mass is 15.2. The van der Waals surface area contributed by atoms with Crippen LogP contribution < -0.4 is 10.2 Å². The molecule has 0 aromatic heterocycles. The SMILES string of the molecule is c1ccc(N2C[C@H]3CC[C@@H]2CN3)cc1. The second-order valence-corrected chi connectivity index (χ2v) is 4.32. The number of piperazine rings is 1. The molecule has 2 nitrogen and oxygen atoms in total. The van der Waals surface area contributed by atoms with Crippen molar-refractivity contribution in [1.82, 2.24) is 5.32 Å². The van der Waals surface area contributed by atoms with Crippen molar-refractivity contribution >= 4 is 5.69 Å². The Kier molecular flexibility index (Phi) is 1.95. The molecule has 0 unspecified atom stereocenters. The van der Waals surface area contributed by atoms with Gasteiger partial charge < -0.3 is 10.2 Å². The number of anilines is 1. The van der Waals surface area contributed by atoms with E-state index in [1.54, 1.807) is 0 Å². The van der Waals surface area contributed by atoms with Crippen LogP contribution in [-0.2, 0) is 0 Å². The zero-order valence-electron chi connectivity index (χ0n) is 8.32. The molecule has 0 amide bonds. The standard InChI is InChI=1S/C12H16N2/c1-2-4-11(5-3-1)14-9-10-6-7-12(14)8-13-10/h1-5,10,12-13H,6-9H2/t10-,12-/m1/s1. The normalized spacial score (nSPS) is 30.7. The Bertz CT molecular complexity index is 301. The topological polar surface area (TPSA) is 15.3 Å². The van der Waals surface area contributed by atoms with Crippen LogP contribution in [0.25, 0.3) is 0 Å². The molecule has 3 aliphatic heterocycles. The largest absolute Gasteiger partial charge is 0.366 e. The number of para-hydroxylation sites is 1. The number of hydrogen-bond acceptors (Lipinski definition) is 2. The molecule has 2 heteroatoms. The van der Waals surface area contributed by atoms with Crippen molar-refractivity contribution < 1.29 is 0 Å². The molecule has 14 heavy (non-hydrogen) atoms. The van der Waals surface area contributed by atoms with E-state index < -0.39 is 0 Å². The Balaban J connectivity index is 1.86. The van der Waals surface area contributed by atoms with Crippen molar-refractivity contribution in [3.05, 3.63) is 30.3 Å². The average Bonchev–Trinajstić information content (AvgIpc) is 2.32. The predicted molar refractivity (Wildman–Crippen MR) is 58.6 cm³/mol. The van der Waals surface area contributed by atoms with Gasteiger partial charge in [0.2, 0.25) is 0 Å². The molecule has 0 spiro atoms. The fourth-order valence-corrected chi connectivity index (χ4v) is 2.64. The van der Waals surface area contributed by atoms with Gasteiger partial charge in [0.25, 0.3) is 0 Å². The molecular formula is C12H16N2. The summed E-state index contributed by atoms with van der Waals surface area (Å²) in [5.41, 5.74) is 1.39. The van der Waals surface area contributed by atoms with E-state index in [4.69, 9.17) is 0 Å². The van der Waals surface area contributed by atoms with Crippen molar-refractivity contribution in [1.29, 1.82) is 0 Å². The molecule has 1 aromatic carbocycles. The van der Waals surface area contributed by atoms with E-state index in [1.165, 1.54) is 31.6 Å². The molecule has 3 fully saturated rings. The maximum Gasteiger partial charge on any atom is 0.0415 e. The number of hydrogen-bond donors (Lipinski definition) is 1. The molecular weight excluding hydrogens is 172 g/mol. The van der Waals surface area contributed by atoms with Crippen LogP contribution in [0.5, 0.6) is 0 Å². The highest BCUT2D eigenvalue weighted by molar-refractivity contribution is 5.48. The minimum atomic E-state index is 0.722. The molecule has 1 aromatic rings. The molecule has 2 bridgehead atoms. The van der Waals surface area contributed by atoms with Gasteiger partial charge >= 0.3 is 0 Å². The molecule has 3 saturated heterocycles. The van der Waals surface area contributed by atoms with E-state index in [9.17, 15) is 0 Å². The second kappa shape index (κ2) is 3.28. The third kappa shape index (κ3) is 1.30. The van der Waals surface area contributed by atoms with E-state index in [-0.39, 0.29) is 0 Å². The lowest BCUT2D eigenvalue weighted by Gasteiger charge is -2.47. The molecule has 0 saturated carbocycles. The van der Waals surface area contributed by atoms with Crippen LogP contribution in [0.1, 0.15) is 12.8 Å². The summed E-state index contributed by atoms with van der Waals surface area (Å²) in [4.78, 5) is 2.56. The first-order valence-corrected chi connectivity index (χ1v) is 5.48. The van der Waals surface area contributed by atoms with Crippen LogP contribution >= 0.6 is 0 Å². The van der Waals surface area contributed by atoms with Gasteiger partial charge in [-0.1, -0.05) is 18.2 Å². The second-order valence-electron chi connectivity index (χ2n) is 4.32. The van der Waals surface area contributed by atoms with E-state index >= 15 is 0 Å². The van der Waals surface area contributed by atoms with Gasteiger partial charge in [-0.15, -0.1) is 0 Å². The Labute approximate surface area is 84.9 Å². The first kappa shape index (κ1) is 8.30. The van der Waals surface area contributed by atoms with Crippen molar-refractivity contribution in [3.8, 4) is 0 Å². The first-order valence-electron chi connectivity index (χ1n) is 5.48. The molecule has 0 radical (unpaired) electrons. The van der Waals surface area contributed by atoms with Gasteiger partial charge in [0, 0.05) is 30.9 Å². The van der Waals surface area contributed by atoms with Gasteiger partial charge in [0.1, 0.15) is 0 Å². The monoisotopic (exact) mass is 188 g/mol. The summed E-state index contributed by atoms with van der Waals surface area (Å²) in [5.74, 6) is 0. The Morgan fingerprint density at radius 3 is 2.57 bits per heavy atom. The van der Waals surface area contributed by atoms with Gasteiger partial charge in [-0.05, 0) is 25.0 Å². The van der Waals surface area contributed by atoms with Crippen LogP contribution in [0.4, 0.5) is 5.69 Å². The minimum Gasteiger partial charge on any atom is -0.366 e. The molecule has 3 aliphatic rings. The van der Waals surface area contributed by atoms with Gasteiger partial charge in [0.15, 0.2) is 0 Å². The maximum absolute atomic E-state index is 3.58. The third-order valence-corrected chi connectivity index (χ3v) is 3.44. The third-order valence-electron chi connectivity index (χ3n) is 3.44. The summed E-state index contributed by atoms with van der Waals surface area (Å²) in [6.07, 6.45) is 2.71. The lowest BCUT2D eigenvalue weighted by molar-refractivity contribution is 0.290. The molecule has 1 N–H and O–H groups in total. The summed E-state index contributed by atoms with van der Waals surface area (Å²) in [6, 6.07) is 12.2. The number of benzene rings is 1. The molecule has 3 heterocycles. The first-order chi connectivity index (χ1) is 6.93. The number of piperidine rings is 2. The summed E-state index contributed by atoms with van der Waals surface area (Å²) in [6.45, 7) is 2.36. The summed E-state index contributed by atoms with van der Waals surface area (Å²) in [5, 5.41) is 3.58. The van der Waals surface area contributed by atoms with E-state index in [2.05, 4.69) is 40.5 Å². The number of nitrogens with one attached hydrogen (secondary N) is 1. The van der Waals surface area contributed by atoms with Gasteiger partial charge in [-0.25, -0.2) is 0 Å². The smallest absolute Gasteiger partial charge is 0.0415 e. The van der Waals surface area contributed by atoms with Gasteiger partial charge in [0.05, 0.1) is 0 Å². The Morgan fingerprint density at radius 2 is 2.00 bits per heavy atom. The molecule has 0 aliphatic carbocycles. The fourth-order valence-electron chi connectivity index (χ4n) is 2.64. The zero-order valence-corrected chi connectivity index (χ0v) is 8.32. The van der Waals surface area contributed by atoms with Crippen LogP contribution in [-0.4, -0.2) is 25.2 Å². The van der Waals surface area contributed by atoms with Crippen molar-refractivity contribution in [2.45, 2.75) is 24.9 Å². The molecule has 2 atom stereocenters. The maximum atomic E-state index is 3.58. The minimum absolute atomic E-state index is 0.722. The quantitative estimate of drug-likeness (QED) is 0.720. The average molecular weight is 188 g/mol. The number of rotatable bonds is 1. The van der Waals surface area contributed by atoms with E-state index in [1.807, 2.05) is 0 Å². The van der Waals surface area contributed by atoms with Gasteiger partial charge in [-0.3, -0.25) is 0 Å². The van der Waals surface area contributed by atoms with E-state index in [0.717, 1.165) is 12.1 Å². The lowest BCUT2D eigenvalue weighted by Crippen LogP contribution is -2.61. The summed E-state index contributed by atoms with van der Waals surface area (Å²) in [7, 11) is 0. The van der Waals surface area contributed by atoms with E-state index in [0.29, 0.717) is 0 Å². The van der Waals surface area contributed by atoms with Crippen LogP contribution in [0.15, 0.2) is 30.3 Å². The molecule has 4 rings (SSSR count). The van der Waals surface area contributed by atoms with Crippen molar-refractivity contribution in [2.75, 3.05) is 18.0 Å². The van der Waals surface area contributed by atoms with Crippen molar-refractivity contribution in [3.63, 3.8) is 0 Å². The zero-order chi connectivity index (χ0) is 9.38. The van der Waals surface area contributed by atoms with Crippen LogP contribution in [0.3, 0.4) is 0 Å².